The van der Waals surface area contributed by atoms with Crippen LogP contribution in [0.15, 0.2) is 49.1 Å². The first-order valence-electron chi connectivity index (χ1n) is 7.95. The Balaban J connectivity index is 1.51. The maximum Gasteiger partial charge on any atom is 0.171 e. The predicted octanol–water partition coefficient (Wildman–Crippen LogP) is 3.29. The van der Waals surface area contributed by atoms with E-state index in [1.54, 1.807) is 6.20 Å². The van der Waals surface area contributed by atoms with Crippen molar-refractivity contribution in [3.63, 3.8) is 0 Å². The van der Waals surface area contributed by atoms with E-state index in [0.717, 1.165) is 28.4 Å². The highest BCUT2D eigenvalue weighted by molar-refractivity contribution is 7.80. The predicted molar refractivity (Wildman–Crippen MR) is 104 cm³/mol. The van der Waals surface area contributed by atoms with E-state index in [4.69, 9.17) is 23.8 Å². The van der Waals surface area contributed by atoms with E-state index in [1.165, 1.54) is 0 Å². The highest BCUT2D eigenvalue weighted by Gasteiger charge is 2.04. The molecule has 0 atom stereocenters. The third-order valence-corrected chi connectivity index (χ3v) is 4.07. The third-order valence-electron chi connectivity index (χ3n) is 3.59. The van der Waals surface area contributed by atoms with Crippen molar-refractivity contribution >= 4 is 34.6 Å². The summed E-state index contributed by atoms with van der Waals surface area (Å²) < 4.78 is 3.72. The molecule has 8 heteroatoms. The van der Waals surface area contributed by atoms with Crippen LogP contribution in [-0.2, 0) is 19.6 Å². The molecule has 0 aliphatic rings. The number of hydrogen-bond donors (Lipinski definition) is 2. The van der Waals surface area contributed by atoms with Crippen molar-refractivity contribution in [1.82, 2.24) is 24.9 Å². The average molecular weight is 375 g/mol. The molecule has 2 aromatic heterocycles. The number of thiocarbonyl (C=S) groups is 1. The minimum atomic E-state index is 0.548. The van der Waals surface area contributed by atoms with Crippen LogP contribution in [0.2, 0.25) is 5.02 Å². The van der Waals surface area contributed by atoms with Gasteiger partial charge in [0.25, 0.3) is 0 Å². The number of hydrogen-bond acceptors (Lipinski definition) is 3. The lowest BCUT2D eigenvalue weighted by Crippen LogP contribution is -2.27. The van der Waals surface area contributed by atoms with Gasteiger partial charge in [0.15, 0.2) is 5.11 Å². The molecule has 2 heterocycles. The Morgan fingerprint density at radius 3 is 2.76 bits per heavy atom. The SMILES string of the molecule is CCn1cc(CNC(=S)Nc2cnn(Cc3cccc(Cl)c3)c2)cn1. The zero-order valence-corrected chi connectivity index (χ0v) is 15.4. The molecule has 0 aliphatic heterocycles. The molecule has 0 unspecified atom stereocenters. The number of halogens is 1. The molecule has 0 bridgehead atoms. The summed E-state index contributed by atoms with van der Waals surface area (Å²) in [5, 5.41) is 16.1. The fraction of sp³-hybridized carbons (Fsp3) is 0.235. The van der Waals surface area contributed by atoms with E-state index < -0.39 is 0 Å². The van der Waals surface area contributed by atoms with E-state index in [9.17, 15) is 0 Å². The minimum Gasteiger partial charge on any atom is -0.358 e. The summed E-state index contributed by atoms with van der Waals surface area (Å²) in [4.78, 5) is 0. The van der Waals surface area contributed by atoms with Crippen molar-refractivity contribution in [2.24, 2.45) is 0 Å². The summed E-state index contributed by atoms with van der Waals surface area (Å²) in [6.07, 6.45) is 7.48. The van der Waals surface area contributed by atoms with Gasteiger partial charge in [0, 0.05) is 36.1 Å². The topological polar surface area (TPSA) is 59.7 Å². The van der Waals surface area contributed by atoms with E-state index in [2.05, 4.69) is 27.8 Å². The largest absolute Gasteiger partial charge is 0.358 e. The first-order chi connectivity index (χ1) is 12.1. The summed E-state index contributed by atoms with van der Waals surface area (Å²) in [5.41, 5.74) is 3.02. The smallest absolute Gasteiger partial charge is 0.171 e. The summed E-state index contributed by atoms with van der Waals surface area (Å²) >= 11 is 11.3. The van der Waals surface area contributed by atoms with Crippen molar-refractivity contribution in [1.29, 1.82) is 0 Å². The number of anilines is 1. The van der Waals surface area contributed by atoms with Crippen LogP contribution in [-0.4, -0.2) is 24.7 Å². The molecular weight excluding hydrogens is 356 g/mol. The second-order valence-electron chi connectivity index (χ2n) is 5.57. The standard InChI is InChI=1S/C17H19ClN6S/c1-2-23-11-14(8-20-23)7-19-17(25)22-16-9-21-24(12-16)10-13-4-3-5-15(18)6-13/h3-6,8-9,11-12H,2,7,10H2,1H3,(H2,19,22,25). The van der Waals surface area contributed by atoms with Gasteiger partial charge in [-0.1, -0.05) is 23.7 Å². The maximum atomic E-state index is 6.01. The Morgan fingerprint density at radius 2 is 2.00 bits per heavy atom. The van der Waals surface area contributed by atoms with E-state index in [1.807, 2.05) is 52.2 Å². The van der Waals surface area contributed by atoms with Crippen LogP contribution < -0.4 is 10.6 Å². The quantitative estimate of drug-likeness (QED) is 0.648. The number of nitrogens with zero attached hydrogens (tertiary/aromatic N) is 4. The van der Waals surface area contributed by atoms with Gasteiger partial charge in [-0.15, -0.1) is 0 Å². The van der Waals surface area contributed by atoms with Crippen molar-refractivity contribution < 1.29 is 0 Å². The van der Waals surface area contributed by atoms with Crippen LogP contribution in [0, 0.1) is 0 Å². The Labute approximate surface area is 156 Å². The highest BCUT2D eigenvalue weighted by atomic mass is 35.5. The van der Waals surface area contributed by atoms with E-state index in [-0.39, 0.29) is 0 Å². The second-order valence-corrected chi connectivity index (χ2v) is 6.41. The van der Waals surface area contributed by atoms with Gasteiger partial charge >= 0.3 is 0 Å². The highest BCUT2D eigenvalue weighted by Crippen LogP contribution is 2.13. The Hall–Kier alpha value is -2.38. The van der Waals surface area contributed by atoms with Crippen molar-refractivity contribution in [2.45, 2.75) is 26.6 Å². The molecule has 25 heavy (non-hydrogen) atoms. The fourth-order valence-corrected chi connectivity index (χ4v) is 2.77. The molecule has 0 radical (unpaired) electrons. The lowest BCUT2D eigenvalue weighted by molar-refractivity contribution is 0.659. The molecular formula is C17H19ClN6S. The fourth-order valence-electron chi connectivity index (χ4n) is 2.37. The van der Waals surface area contributed by atoms with Gasteiger partial charge in [0.2, 0.25) is 0 Å². The molecule has 0 spiro atoms. The van der Waals surface area contributed by atoms with Gasteiger partial charge in [-0.2, -0.15) is 10.2 Å². The normalized spacial score (nSPS) is 10.6. The Bertz CT molecular complexity index is 856. The molecule has 0 aliphatic carbocycles. The molecule has 0 fully saturated rings. The number of aryl methyl sites for hydroxylation is 1. The number of rotatable bonds is 6. The minimum absolute atomic E-state index is 0.548. The van der Waals surface area contributed by atoms with E-state index in [0.29, 0.717) is 18.2 Å². The van der Waals surface area contributed by atoms with Crippen molar-refractivity contribution in [2.75, 3.05) is 5.32 Å². The molecule has 2 N–H and O–H groups in total. The summed E-state index contributed by atoms with van der Waals surface area (Å²) in [6, 6.07) is 7.73. The Morgan fingerprint density at radius 1 is 1.16 bits per heavy atom. The lowest BCUT2D eigenvalue weighted by Gasteiger charge is -2.07. The van der Waals surface area contributed by atoms with Crippen molar-refractivity contribution in [3.8, 4) is 0 Å². The molecule has 0 amide bonds. The average Bonchev–Trinajstić information content (AvgIpc) is 3.22. The number of nitrogens with one attached hydrogen (secondary N) is 2. The molecule has 6 nitrogen and oxygen atoms in total. The van der Waals surface area contributed by atoms with Gasteiger partial charge in [-0.25, -0.2) is 0 Å². The van der Waals surface area contributed by atoms with Gasteiger partial charge in [0.1, 0.15) is 0 Å². The van der Waals surface area contributed by atoms with Crippen LogP contribution >= 0.6 is 23.8 Å². The third kappa shape index (κ3) is 5.04. The molecule has 3 aromatic rings. The lowest BCUT2D eigenvalue weighted by atomic mass is 10.2. The summed E-state index contributed by atoms with van der Waals surface area (Å²) in [5.74, 6) is 0. The molecule has 0 saturated heterocycles. The Kier molecular flexibility index (Phi) is 5.67. The summed E-state index contributed by atoms with van der Waals surface area (Å²) in [6.45, 7) is 4.19. The summed E-state index contributed by atoms with van der Waals surface area (Å²) in [7, 11) is 0. The van der Waals surface area contributed by atoms with Crippen LogP contribution in [0.5, 0.6) is 0 Å². The molecule has 1 aromatic carbocycles. The van der Waals surface area contributed by atoms with Gasteiger partial charge in [-0.05, 0) is 36.8 Å². The van der Waals surface area contributed by atoms with Crippen LogP contribution in [0.25, 0.3) is 0 Å². The zero-order chi connectivity index (χ0) is 17.6. The zero-order valence-electron chi connectivity index (χ0n) is 13.8. The molecule has 3 rings (SSSR count). The molecule has 0 saturated carbocycles. The van der Waals surface area contributed by atoms with Crippen LogP contribution in [0.4, 0.5) is 5.69 Å². The monoisotopic (exact) mass is 374 g/mol. The van der Waals surface area contributed by atoms with Crippen LogP contribution in [0.3, 0.4) is 0 Å². The first kappa shape index (κ1) is 17.4. The van der Waals surface area contributed by atoms with E-state index >= 15 is 0 Å². The molecule has 130 valence electrons. The van der Waals surface area contributed by atoms with Crippen LogP contribution in [0.1, 0.15) is 18.1 Å². The maximum absolute atomic E-state index is 6.01. The second kappa shape index (κ2) is 8.13. The van der Waals surface area contributed by atoms with Gasteiger partial charge in [0.05, 0.1) is 24.6 Å². The van der Waals surface area contributed by atoms with Gasteiger partial charge in [-0.3, -0.25) is 9.36 Å². The first-order valence-corrected chi connectivity index (χ1v) is 8.74. The van der Waals surface area contributed by atoms with Gasteiger partial charge < -0.3 is 10.6 Å². The van der Waals surface area contributed by atoms with Crippen molar-refractivity contribution in [3.05, 3.63) is 65.2 Å². The number of aromatic nitrogens is 4. The number of benzene rings is 1.